The van der Waals surface area contributed by atoms with Crippen LogP contribution in [-0.4, -0.2) is 12.1 Å². The Bertz CT molecular complexity index is 397. The number of rotatable bonds is 3. The van der Waals surface area contributed by atoms with E-state index in [9.17, 15) is 4.79 Å². The van der Waals surface area contributed by atoms with E-state index in [-0.39, 0.29) is 6.03 Å². The lowest BCUT2D eigenvalue weighted by atomic mass is 10.1. The molecule has 1 saturated carbocycles. The Morgan fingerprint density at radius 1 is 1.44 bits per heavy atom. The second-order valence-corrected chi connectivity index (χ2v) is 4.38. The zero-order chi connectivity index (χ0) is 11.5. The summed E-state index contributed by atoms with van der Waals surface area (Å²) in [5.74, 6) is 0. The minimum absolute atomic E-state index is 0.0844. The van der Waals surface area contributed by atoms with Crippen molar-refractivity contribution < 1.29 is 4.79 Å². The molecule has 3 nitrogen and oxygen atoms in total. The molecule has 1 aromatic carbocycles. The zero-order valence-electron chi connectivity index (χ0n) is 9.84. The first-order valence-corrected chi connectivity index (χ1v) is 5.86. The van der Waals surface area contributed by atoms with Crippen LogP contribution in [0.3, 0.4) is 0 Å². The minimum atomic E-state index is -0.0844. The normalized spacial score (nSPS) is 14.6. The monoisotopic (exact) mass is 218 g/mol. The quantitative estimate of drug-likeness (QED) is 0.804. The van der Waals surface area contributed by atoms with Gasteiger partial charge in [-0.2, -0.15) is 0 Å². The van der Waals surface area contributed by atoms with E-state index in [0.717, 1.165) is 30.5 Å². The Hall–Kier alpha value is -1.51. The van der Waals surface area contributed by atoms with E-state index < -0.39 is 0 Å². The standard InChI is InChI=1S/C13H18N2O/c1-3-10-5-4-9(2)12(8-10)15-13(16)14-11-6-7-11/h4-5,8,11H,3,6-7H2,1-2H3,(H2,14,15,16). The zero-order valence-corrected chi connectivity index (χ0v) is 9.84. The van der Waals surface area contributed by atoms with Gasteiger partial charge in [0.05, 0.1) is 0 Å². The van der Waals surface area contributed by atoms with E-state index in [1.54, 1.807) is 0 Å². The van der Waals surface area contributed by atoms with Gasteiger partial charge in [-0.1, -0.05) is 19.1 Å². The van der Waals surface area contributed by atoms with Crippen LogP contribution in [0.5, 0.6) is 0 Å². The molecule has 0 heterocycles. The molecule has 0 aromatic heterocycles. The molecule has 16 heavy (non-hydrogen) atoms. The maximum Gasteiger partial charge on any atom is 0.319 e. The molecule has 0 atom stereocenters. The van der Waals surface area contributed by atoms with E-state index in [2.05, 4.69) is 23.6 Å². The molecule has 0 bridgehead atoms. The van der Waals surface area contributed by atoms with Crippen molar-refractivity contribution in [2.45, 2.75) is 39.2 Å². The molecule has 2 rings (SSSR count). The number of carbonyl (C=O) groups is 1. The minimum Gasteiger partial charge on any atom is -0.335 e. The van der Waals surface area contributed by atoms with Gasteiger partial charge in [0.1, 0.15) is 0 Å². The van der Waals surface area contributed by atoms with Crippen molar-refractivity contribution in [3.63, 3.8) is 0 Å². The van der Waals surface area contributed by atoms with Crippen molar-refractivity contribution in [2.24, 2.45) is 0 Å². The number of anilines is 1. The third kappa shape index (κ3) is 2.75. The molecule has 3 heteroatoms. The summed E-state index contributed by atoms with van der Waals surface area (Å²) in [6, 6.07) is 6.50. The molecular formula is C13H18N2O. The fraction of sp³-hybridized carbons (Fsp3) is 0.462. The van der Waals surface area contributed by atoms with Gasteiger partial charge in [-0.25, -0.2) is 4.79 Å². The Labute approximate surface area is 96.2 Å². The summed E-state index contributed by atoms with van der Waals surface area (Å²) in [5, 5.41) is 5.82. The molecule has 0 saturated heterocycles. The van der Waals surface area contributed by atoms with E-state index in [0.29, 0.717) is 6.04 Å². The molecular weight excluding hydrogens is 200 g/mol. The lowest BCUT2D eigenvalue weighted by Crippen LogP contribution is -2.30. The lowest BCUT2D eigenvalue weighted by molar-refractivity contribution is 0.251. The van der Waals surface area contributed by atoms with Crippen LogP contribution in [0.2, 0.25) is 0 Å². The van der Waals surface area contributed by atoms with Crippen LogP contribution in [0.4, 0.5) is 10.5 Å². The van der Waals surface area contributed by atoms with Crippen LogP contribution in [0.15, 0.2) is 18.2 Å². The second-order valence-electron chi connectivity index (χ2n) is 4.38. The van der Waals surface area contributed by atoms with Crippen molar-refractivity contribution in [3.05, 3.63) is 29.3 Å². The SMILES string of the molecule is CCc1ccc(C)c(NC(=O)NC2CC2)c1. The lowest BCUT2D eigenvalue weighted by Gasteiger charge is -2.10. The van der Waals surface area contributed by atoms with E-state index in [1.807, 2.05) is 19.1 Å². The summed E-state index contributed by atoms with van der Waals surface area (Å²) in [5.41, 5.74) is 3.26. The molecule has 1 aliphatic rings. The van der Waals surface area contributed by atoms with Crippen LogP contribution in [0.25, 0.3) is 0 Å². The maximum absolute atomic E-state index is 11.6. The van der Waals surface area contributed by atoms with Gasteiger partial charge in [-0.3, -0.25) is 0 Å². The first-order valence-electron chi connectivity index (χ1n) is 5.86. The summed E-state index contributed by atoms with van der Waals surface area (Å²) >= 11 is 0. The molecule has 2 amide bonds. The van der Waals surface area contributed by atoms with Crippen molar-refractivity contribution >= 4 is 11.7 Å². The summed E-state index contributed by atoms with van der Waals surface area (Å²) in [6.07, 6.45) is 3.21. The van der Waals surface area contributed by atoms with Gasteiger partial charge in [-0.15, -0.1) is 0 Å². The van der Waals surface area contributed by atoms with Crippen LogP contribution < -0.4 is 10.6 Å². The van der Waals surface area contributed by atoms with E-state index >= 15 is 0 Å². The first-order chi connectivity index (χ1) is 7.69. The predicted octanol–water partition coefficient (Wildman–Crippen LogP) is 2.84. The van der Waals surface area contributed by atoms with Crippen molar-refractivity contribution in [2.75, 3.05) is 5.32 Å². The number of hydrogen-bond donors (Lipinski definition) is 2. The largest absolute Gasteiger partial charge is 0.335 e. The average Bonchev–Trinajstić information content (AvgIpc) is 3.05. The van der Waals surface area contributed by atoms with Gasteiger partial charge in [0.15, 0.2) is 0 Å². The van der Waals surface area contributed by atoms with Crippen molar-refractivity contribution in [1.29, 1.82) is 0 Å². The Balaban J connectivity index is 2.03. The first kappa shape index (κ1) is 11.0. The van der Waals surface area contributed by atoms with Crippen LogP contribution in [0.1, 0.15) is 30.9 Å². The van der Waals surface area contributed by atoms with E-state index in [4.69, 9.17) is 0 Å². The van der Waals surface area contributed by atoms with Gasteiger partial charge in [-0.05, 0) is 43.4 Å². The summed E-state index contributed by atoms with van der Waals surface area (Å²) in [4.78, 5) is 11.6. The summed E-state index contributed by atoms with van der Waals surface area (Å²) in [6.45, 7) is 4.12. The third-order valence-corrected chi connectivity index (χ3v) is 2.87. The fourth-order valence-corrected chi connectivity index (χ4v) is 1.60. The molecule has 0 radical (unpaired) electrons. The average molecular weight is 218 g/mol. The van der Waals surface area contributed by atoms with E-state index in [1.165, 1.54) is 5.56 Å². The number of hydrogen-bond acceptors (Lipinski definition) is 1. The van der Waals surface area contributed by atoms with Gasteiger partial charge < -0.3 is 10.6 Å². The third-order valence-electron chi connectivity index (χ3n) is 2.87. The summed E-state index contributed by atoms with van der Waals surface area (Å²) < 4.78 is 0. The molecule has 1 aliphatic carbocycles. The number of nitrogens with one attached hydrogen (secondary N) is 2. The van der Waals surface area contributed by atoms with Gasteiger partial charge in [0, 0.05) is 11.7 Å². The Kier molecular flexibility index (Phi) is 3.13. The molecule has 1 fully saturated rings. The molecule has 0 aliphatic heterocycles. The molecule has 2 N–H and O–H groups in total. The highest BCUT2D eigenvalue weighted by atomic mass is 16.2. The van der Waals surface area contributed by atoms with Crippen LogP contribution in [-0.2, 0) is 6.42 Å². The van der Waals surface area contributed by atoms with Crippen LogP contribution >= 0.6 is 0 Å². The molecule has 1 aromatic rings. The van der Waals surface area contributed by atoms with Gasteiger partial charge >= 0.3 is 6.03 Å². The summed E-state index contributed by atoms with van der Waals surface area (Å²) in [7, 11) is 0. The van der Waals surface area contributed by atoms with Gasteiger partial charge in [0.25, 0.3) is 0 Å². The highest BCUT2D eigenvalue weighted by Crippen LogP contribution is 2.20. The number of aryl methyl sites for hydroxylation is 2. The van der Waals surface area contributed by atoms with Gasteiger partial charge in [0.2, 0.25) is 0 Å². The predicted molar refractivity (Wildman–Crippen MR) is 65.7 cm³/mol. The molecule has 86 valence electrons. The second kappa shape index (κ2) is 4.56. The van der Waals surface area contributed by atoms with Crippen molar-refractivity contribution in [1.82, 2.24) is 5.32 Å². The molecule has 0 spiro atoms. The number of urea groups is 1. The fourth-order valence-electron chi connectivity index (χ4n) is 1.60. The topological polar surface area (TPSA) is 41.1 Å². The number of amides is 2. The highest BCUT2D eigenvalue weighted by Gasteiger charge is 2.23. The van der Waals surface area contributed by atoms with Crippen molar-refractivity contribution in [3.8, 4) is 0 Å². The maximum atomic E-state index is 11.6. The Morgan fingerprint density at radius 3 is 2.81 bits per heavy atom. The number of carbonyl (C=O) groups excluding carboxylic acids is 1. The molecule has 0 unspecified atom stereocenters. The smallest absolute Gasteiger partial charge is 0.319 e. The highest BCUT2D eigenvalue weighted by molar-refractivity contribution is 5.90. The number of benzene rings is 1. The Morgan fingerprint density at radius 2 is 2.19 bits per heavy atom. The van der Waals surface area contributed by atoms with Crippen LogP contribution in [0, 0.1) is 6.92 Å².